The number of carbonyl (C=O) groups is 1. The van der Waals surface area contributed by atoms with Crippen molar-refractivity contribution in [1.82, 2.24) is 10.3 Å². The Morgan fingerprint density at radius 1 is 1.39 bits per heavy atom. The van der Waals surface area contributed by atoms with Crippen molar-refractivity contribution in [2.75, 3.05) is 12.0 Å². The first-order valence-corrected chi connectivity index (χ1v) is 7.54. The van der Waals surface area contributed by atoms with Crippen LogP contribution in [0.5, 0.6) is 0 Å². The van der Waals surface area contributed by atoms with E-state index in [1.165, 1.54) is 12.8 Å². The zero-order valence-electron chi connectivity index (χ0n) is 10.6. The molecule has 0 aliphatic heterocycles. The van der Waals surface area contributed by atoms with Crippen LogP contribution in [-0.2, 0) is 0 Å². The third-order valence-corrected chi connectivity index (χ3v) is 4.48. The maximum Gasteiger partial charge on any atom is 0.270 e. The number of nitrogen functional groups attached to an aromatic ring is 1. The van der Waals surface area contributed by atoms with Crippen LogP contribution in [0.3, 0.4) is 0 Å². The molecule has 4 nitrogen and oxygen atoms in total. The van der Waals surface area contributed by atoms with E-state index >= 15 is 0 Å². The fraction of sp³-hybridized carbons (Fsp3) is 0.538. The molecule has 2 rings (SSSR count). The third kappa shape index (κ3) is 3.38. The molecular formula is C13H19N3OS. The molecule has 0 bridgehead atoms. The summed E-state index contributed by atoms with van der Waals surface area (Å²) < 4.78 is 0. The number of hydrogen-bond donors (Lipinski definition) is 2. The van der Waals surface area contributed by atoms with E-state index in [0.29, 0.717) is 11.5 Å². The summed E-state index contributed by atoms with van der Waals surface area (Å²) in [4.78, 5) is 16.0. The van der Waals surface area contributed by atoms with E-state index < -0.39 is 0 Å². The number of amides is 1. The van der Waals surface area contributed by atoms with Gasteiger partial charge in [-0.3, -0.25) is 4.79 Å². The van der Waals surface area contributed by atoms with Gasteiger partial charge in [-0.15, -0.1) is 0 Å². The second kappa shape index (κ2) is 6.09. The minimum absolute atomic E-state index is 0.116. The number of carbonyl (C=O) groups excluding carboxylic acids is 1. The molecule has 1 aromatic heterocycles. The summed E-state index contributed by atoms with van der Waals surface area (Å²) in [6.07, 6.45) is 6.62. The number of pyridine rings is 1. The molecule has 0 atom stereocenters. The minimum atomic E-state index is -0.116. The Kier molecular flexibility index (Phi) is 4.47. The average Bonchev–Trinajstić information content (AvgIpc) is 2.39. The van der Waals surface area contributed by atoms with Crippen molar-refractivity contribution in [1.29, 1.82) is 0 Å². The lowest BCUT2D eigenvalue weighted by Gasteiger charge is -2.27. The minimum Gasteiger partial charge on any atom is -0.384 e. The van der Waals surface area contributed by atoms with Crippen molar-refractivity contribution in [3.05, 3.63) is 23.9 Å². The van der Waals surface area contributed by atoms with Gasteiger partial charge in [0.25, 0.3) is 5.91 Å². The van der Waals surface area contributed by atoms with Crippen LogP contribution in [0.4, 0.5) is 5.82 Å². The Morgan fingerprint density at radius 2 is 2.11 bits per heavy atom. The maximum absolute atomic E-state index is 12.0. The van der Waals surface area contributed by atoms with Gasteiger partial charge in [0.2, 0.25) is 0 Å². The van der Waals surface area contributed by atoms with Crippen molar-refractivity contribution in [2.24, 2.45) is 0 Å². The number of thioether (sulfide) groups is 1. The third-order valence-electron chi connectivity index (χ3n) is 3.35. The number of hydrogen-bond acceptors (Lipinski definition) is 4. The van der Waals surface area contributed by atoms with Crippen molar-refractivity contribution in [2.45, 2.75) is 37.0 Å². The van der Waals surface area contributed by atoms with Gasteiger partial charge in [0.1, 0.15) is 11.5 Å². The van der Waals surface area contributed by atoms with Crippen LogP contribution in [0.2, 0.25) is 0 Å². The largest absolute Gasteiger partial charge is 0.384 e. The number of aromatic nitrogens is 1. The Hall–Kier alpha value is -1.23. The normalized spacial score (nSPS) is 23.6. The van der Waals surface area contributed by atoms with E-state index in [0.717, 1.165) is 18.1 Å². The first-order valence-electron chi connectivity index (χ1n) is 6.25. The summed E-state index contributed by atoms with van der Waals surface area (Å²) in [5.41, 5.74) is 5.98. The molecule has 1 heterocycles. The van der Waals surface area contributed by atoms with Crippen LogP contribution in [0.25, 0.3) is 0 Å². The van der Waals surface area contributed by atoms with Crippen LogP contribution in [0.1, 0.15) is 36.2 Å². The summed E-state index contributed by atoms with van der Waals surface area (Å²) in [6.45, 7) is 0. The SMILES string of the molecule is CSC1CCC(NC(=O)c2cccc(N)n2)CC1. The molecule has 0 radical (unpaired) electrons. The monoisotopic (exact) mass is 265 g/mol. The molecule has 1 amide bonds. The highest BCUT2D eigenvalue weighted by Gasteiger charge is 2.22. The fourth-order valence-electron chi connectivity index (χ4n) is 2.28. The quantitative estimate of drug-likeness (QED) is 0.878. The molecule has 1 aliphatic carbocycles. The van der Waals surface area contributed by atoms with Crippen LogP contribution >= 0.6 is 11.8 Å². The number of nitrogens with zero attached hydrogens (tertiary/aromatic N) is 1. The molecule has 3 N–H and O–H groups in total. The first-order chi connectivity index (χ1) is 8.69. The van der Waals surface area contributed by atoms with E-state index in [4.69, 9.17) is 5.73 Å². The van der Waals surface area contributed by atoms with Gasteiger partial charge in [0, 0.05) is 11.3 Å². The molecule has 0 spiro atoms. The van der Waals surface area contributed by atoms with Gasteiger partial charge in [-0.05, 0) is 44.1 Å². The first kappa shape index (κ1) is 13.2. The van der Waals surface area contributed by atoms with Gasteiger partial charge in [0.05, 0.1) is 0 Å². The number of anilines is 1. The predicted octanol–water partition coefficient (Wildman–Crippen LogP) is 2.07. The number of rotatable bonds is 3. The topological polar surface area (TPSA) is 68.0 Å². The molecule has 1 aliphatic rings. The second-order valence-electron chi connectivity index (χ2n) is 4.63. The Morgan fingerprint density at radius 3 is 2.72 bits per heavy atom. The van der Waals surface area contributed by atoms with E-state index in [-0.39, 0.29) is 11.9 Å². The number of nitrogens with two attached hydrogens (primary N) is 1. The van der Waals surface area contributed by atoms with E-state index in [9.17, 15) is 4.79 Å². The lowest BCUT2D eigenvalue weighted by Crippen LogP contribution is -2.38. The van der Waals surface area contributed by atoms with Crippen molar-refractivity contribution < 1.29 is 4.79 Å². The van der Waals surface area contributed by atoms with Crippen LogP contribution in [0, 0.1) is 0 Å². The summed E-state index contributed by atoms with van der Waals surface area (Å²) in [6, 6.07) is 5.41. The van der Waals surface area contributed by atoms with E-state index in [1.54, 1.807) is 18.2 Å². The maximum atomic E-state index is 12.0. The highest BCUT2D eigenvalue weighted by atomic mass is 32.2. The summed E-state index contributed by atoms with van der Waals surface area (Å²) in [7, 11) is 0. The lowest BCUT2D eigenvalue weighted by molar-refractivity contribution is 0.0923. The highest BCUT2D eigenvalue weighted by molar-refractivity contribution is 7.99. The molecule has 98 valence electrons. The molecule has 0 unspecified atom stereocenters. The number of nitrogens with one attached hydrogen (secondary N) is 1. The van der Waals surface area contributed by atoms with Crippen molar-refractivity contribution >= 4 is 23.5 Å². The summed E-state index contributed by atoms with van der Waals surface area (Å²) in [5.74, 6) is 0.267. The molecule has 1 fully saturated rings. The molecule has 18 heavy (non-hydrogen) atoms. The highest BCUT2D eigenvalue weighted by Crippen LogP contribution is 2.26. The molecule has 0 saturated heterocycles. The zero-order valence-corrected chi connectivity index (χ0v) is 11.4. The Bertz CT molecular complexity index is 416. The second-order valence-corrected chi connectivity index (χ2v) is 5.77. The standard InChI is InChI=1S/C13H19N3OS/c1-18-10-7-5-9(6-8-10)15-13(17)11-3-2-4-12(14)16-11/h2-4,9-10H,5-8H2,1H3,(H2,14,16)(H,15,17). The predicted molar refractivity (Wildman–Crippen MR) is 75.7 cm³/mol. The molecule has 5 heteroatoms. The lowest BCUT2D eigenvalue weighted by atomic mass is 9.95. The Labute approximate surface area is 112 Å². The van der Waals surface area contributed by atoms with Gasteiger partial charge in [-0.2, -0.15) is 11.8 Å². The van der Waals surface area contributed by atoms with Gasteiger partial charge < -0.3 is 11.1 Å². The van der Waals surface area contributed by atoms with Crippen LogP contribution < -0.4 is 11.1 Å². The van der Waals surface area contributed by atoms with Crippen LogP contribution in [0.15, 0.2) is 18.2 Å². The van der Waals surface area contributed by atoms with Gasteiger partial charge in [-0.1, -0.05) is 6.07 Å². The van der Waals surface area contributed by atoms with E-state index in [1.807, 2.05) is 11.8 Å². The van der Waals surface area contributed by atoms with E-state index in [2.05, 4.69) is 16.6 Å². The molecular weight excluding hydrogens is 246 g/mol. The van der Waals surface area contributed by atoms with Crippen molar-refractivity contribution in [3.63, 3.8) is 0 Å². The van der Waals surface area contributed by atoms with Crippen molar-refractivity contribution in [3.8, 4) is 0 Å². The Balaban J connectivity index is 1.89. The average molecular weight is 265 g/mol. The molecule has 0 aromatic carbocycles. The van der Waals surface area contributed by atoms with Gasteiger partial charge >= 0.3 is 0 Å². The fourth-order valence-corrected chi connectivity index (χ4v) is 3.02. The molecule has 1 saturated carbocycles. The summed E-state index contributed by atoms with van der Waals surface area (Å²) in [5, 5.41) is 3.79. The zero-order chi connectivity index (χ0) is 13.0. The summed E-state index contributed by atoms with van der Waals surface area (Å²) >= 11 is 1.92. The molecule has 1 aromatic rings. The van der Waals surface area contributed by atoms with Gasteiger partial charge in [0.15, 0.2) is 0 Å². The van der Waals surface area contributed by atoms with Gasteiger partial charge in [-0.25, -0.2) is 4.98 Å². The van der Waals surface area contributed by atoms with Crippen LogP contribution in [-0.4, -0.2) is 28.4 Å². The smallest absolute Gasteiger partial charge is 0.270 e.